The minimum absolute atomic E-state index is 0.287. The number of hydrogen-bond donors (Lipinski definition) is 1. The van der Waals surface area contributed by atoms with E-state index in [0.29, 0.717) is 17.3 Å². The molecule has 1 N–H and O–H groups in total. The molecule has 0 bridgehead atoms. The molecule has 0 aliphatic rings. The molecule has 106 valence electrons. The van der Waals surface area contributed by atoms with Crippen LogP contribution in [0, 0.1) is 19.7 Å². The number of anilines is 2. The molecule has 20 heavy (non-hydrogen) atoms. The van der Waals surface area contributed by atoms with Crippen molar-refractivity contribution >= 4 is 11.5 Å². The van der Waals surface area contributed by atoms with Crippen LogP contribution in [0.3, 0.4) is 0 Å². The van der Waals surface area contributed by atoms with Gasteiger partial charge in [-0.25, -0.2) is 9.37 Å². The van der Waals surface area contributed by atoms with Gasteiger partial charge in [0, 0.05) is 0 Å². The number of halogens is 1. The van der Waals surface area contributed by atoms with Crippen LogP contribution in [0.2, 0.25) is 0 Å². The Labute approximate surface area is 116 Å². The Morgan fingerprint density at radius 3 is 2.45 bits per heavy atom. The minimum Gasteiger partial charge on any atom is -0.489 e. The molecule has 0 radical (unpaired) electrons. The highest BCUT2D eigenvalue weighted by Gasteiger charge is 2.15. The van der Waals surface area contributed by atoms with Gasteiger partial charge in [0.05, 0.1) is 19.9 Å². The summed E-state index contributed by atoms with van der Waals surface area (Å²) in [7, 11) is 2.96. The first-order chi connectivity index (χ1) is 9.56. The van der Waals surface area contributed by atoms with Crippen LogP contribution < -0.4 is 14.8 Å². The van der Waals surface area contributed by atoms with Gasteiger partial charge in [-0.2, -0.15) is 4.98 Å². The summed E-state index contributed by atoms with van der Waals surface area (Å²) in [5, 5.41) is 2.93. The normalized spacial score (nSPS) is 10.2. The average molecular weight is 277 g/mol. The van der Waals surface area contributed by atoms with Gasteiger partial charge in [-0.1, -0.05) is 6.07 Å². The standard InChI is InChI=1S/C14H16FN3O2/c1-8-5-9(2)11(10(15)6-8)18-13-12(19-3)14(20-4)17-7-16-13/h5-7H,1-4H3,(H,16,17,18). The van der Waals surface area contributed by atoms with Crippen molar-refractivity contribution in [2.45, 2.75) is 13.8 Å². The van der Waals surface area contributed by atoms with Crippen LogP contribution in [0.5, 0.6) is 11.6 Å². The first kappa shape index (κ1) is 14.0. The topological polar surface area (TPSA) is 56.3 Å². The third-order valence-electron chi connectivity index (χ3n) is 2.84. The predicted octanol–water partition coefficient (Wildman–Crippen LogP) is 2.99. The lowest BCUT2D eigenvalue weighted by atomic mass is 10.1. The summed E-state index contributed by atoms with van der Waals surface area (Å²) in [6, 6.07) is 3.34. The van der Waals surface area contributed by atoms with Crippen molar-refractivity contribution in [1.29, 1.82) is 0 Å². The van der Waals surface area contributed by atoms with E-state index in [1.165, 1.54) is 26.6 Å². The number of nitrogens with zero attached hydrogens (tertiary/aromatic N) is 2. The Bertz CT molecular complexity index is 609. The van der Waals surface area contributed by atoms with Gasteiger partial charge in [0.25, 0.3) is 5.88 Å². The number of benzene rings is 1. The average Bonchev–Trinajstić information content (AvgIpc) is 2.42. The molecule has 0 aliphatic heterocycles. The highest BCUT2D eigenvalue weighted by Crippen LogP contribution is 2.34. The molecule has 0 atom stereocenters. The molecule has 0 saturated heterocycles. The van der Waals surface area contributed by atoms with Crippen LogP contribution >= 0.6 is 0 Å². The van der Waals surface area contributed by atoms with E-state index >= 15 is 0 Å². The summed E-state index contributed by atoms with van der Waals surface area (Å²) in [6.45, 7) is 3.66. The van der Waals surface area contributed by atoms with Gasteiger partial charge >= 0.3 is 0 Å². The maximum Gasteiger partial charge on any atom is 0.262 e. The number of aromatic nitrogens is 2. The van der Waals surface area contributed by atoms with E-state index in [1.807, 2.05) is 19.9 Å². The maximum atomic E-state index is 14.0. The van der Waals surface area contributed by atoms with Gasteiger partial charge in [0.1, 0.15) is 12.1 Å². The van der Waals surface area contributed by atoms with Crippen LogP contribution in [0.15, 0.2) is 18.5 Å². The number of methoxy groups -OCH3 is 2. The number of nitrogens with one attached hydrogen (secondary N) is 1. The molecule has 5 nitrogen and oxygen atoms in total. The van der Waals surface area contributed by atoms with Crippen molar-refractivity contribution in [3.63, 3.8) is 0 Å². The molecule has 0 spiro atoms. The molecule has 0 aliphatic carbocycles. The summed E-state index contributed by atoms with van der Waals surface area (Å²) in [5.41, 5.74) is 1.99. The van der Waals surface area contributed by atoms with Gasteiger partial charge in [0.2, 0.25) is 5.75 Å². The van der Waals surface area contributed by atoms with Crippen molar-refractivity contribution in [2.75, 3.05) is 19.5 Å². The van der Waals surface area contributed by atoms with Crippen LogP contribution in [0.25, 0.3) is 0 Å². The molecular weight excluding hydrogens is 261 g/mol. The number of ether oxygens (including phenoxy) is 2. The van der Waals surface area contributed by atoms with E-state index in [2.05, 4.69) is 15.3 Å². The van der Waals surface area contributed by atoms with Gasteiger partial charge in [-0.3, -0.25) is 0 Å². The van der Waals surface area contributed by atoms with Crippen molar-refractivity contribution in [2.24, 2.45) is 0 Å². The smallest absolute Gasteiger partial charge is 0.262 e. The van der Waals surface area contributed by atoms with Crippen LogP contribution in [-0.4, -0.2) is 24.2 Å². The van der Waals surface area contributed by atoms with Gasteiger partial charge in [0.15, 0.2) is 5.82 Å². The fraction of sp³-hybridized carbons (Fsp3) is 0.286. The van der Waals surface area contributed by atoms with E-state index in [9.17, 15) is 4.39 Å². The fourth-order valence-corrected chi connectivity index (χ4v) is 1.97. The second kappa shape index (κ2) is 5.73. The molecule has 6 heteroatoms. The van der Waals surface area contributed by atoms with Gasteiger partial charge < -0.3 is 14.8 Å². The maximum absolute atomic E-state index is 14.0. The largest absolute Gasteiger partial charge is 0.489 e. The van der Waals surface area contributed by atoms with E-state index in [-0.39, 0.29) is 11.7 Å². The summed E-state index contributed by atoms with van der Waals surface area (Å²) in [5.74, 6) is 0.622. The first-order valence-corrected chi connectivity index (χ1v) is 6.03. The third kappa shape index (κ3) is 2.64. The van der Waals surface area contributed by atoms with E-state index < -0.39 is 0 Å². The zero-order chi connectivity index (χ0) is 14.7. The Morgan fingerprint density at radius 1 is 1.10 bits per heavy atom. The van der Waals surface area contributed by atoms with Crippen molar-refractivity contribution in [3.05, 3.63) is 35.4 Å². The SMILES string of the molecule is COc1ncnc(Nc2c(C)cc(C)cc2F)c1OC. The Kier molecular flexibility index (Phi) is 4.02. The lowest BCUT2D eigenvalue weighted by Gasteiger charge is -2.14. The first-order valence-electron chi connectivity index (χ1n) is 6.03. The fourth-order valence-electron chi connectivity index (χ4n) is 1.97. The molecule has 2 aromatic rings. The predicted molar refractivity (Wildman–Crippen MR) is 74.3 cm³/mol. The lowest BCUT2D eigenvalue weighted by Crippen LogP contribution is -2.04. The number of aryl methyl sites for hydroxylation is 2. The molecule has 1 heterocycles. The van der Waals surface area contributed by atoms with E-state index in [0.717, 1.165) is 11.1 Å². The lowest BCUT2D eigenvalue weighted by molar-refractivity contribution is 0.342. The number of rotatable bonds is 4. The van der Waals surface area contributed by atoms with Gasteiger partial charge in [-0.05, 0) is 31.0 Å². The van der Waals surface area contributed by atoms with Crippen LogP contribution in [-0.2, 0) is 0 Å². The minimum atomic E-state index is -0.345. The highest BCUT2D eigenvalue weighted by atomic mass is 19.1. The Balaban J connectivity index is 2.45. The number of hydrogen-bond acceptors (Lipinski definition) is 5. The molecule has 0 fully saturated rings. The van der Waals surface area contributed by atoms with Crippen molar-refractivity contribution in [1.82, 2.24) is 9.97 Å². The van der Waals surface area contributed by atoms with E-state index in [4.69, 9.17) is 9.47 Å². The molecule has 1 aromatic heterocycles. The third-order valence-corrected chi connectivity index (χ3v) is 2.84. The summed E-state index contributed by atoms with van der Waals surface area (Å²) in [4.78, 5) is 8.00. The molecule has 0 saturated carbocycles. The quantitative estimate of drug-likeness (QED) is 0.931. The Hall–Kier alpha value is -2.37. The monoisotopic (exact) mass is 277 g/mol. The van der Waals surface area contributed by atoms with Crippen molar-refractivity contribution in [3.8, 4) is 11.6 Å². The second-order valence-electron chi connectivity index (χ2n) is 4.33. The molecule has 0 unspecified atom stereocenters. The Morgan fingerprint density at radius 2 is 1.85 bits per heavy atom. The molecule has 2 rings (SSSR count). The van der Waals surface area contributed by atoms with Crippen LogP contribution in [0.4, 0.5) is 15.9 Å². The molecular formula is C14H16FN3O2. The zero-order valence-corrected chi connectivity index (χ0v) is 11.8. The summed E-state index contributed by atoms with van der Waals surface area (Å²) >= 11 is 0. The van der Waals surface area contributed by atoms with Gasteiger partial charge in [-0.15, -0.1) is 0 Å². The second-order valence-corrected chi connectivity index (χ2v) is 4.33. The van der Waals surface area contributed by atoms with E-state index in [1.54, 1.807) is 0 Å². The highest BCUT2D eigenvalue weighted by molar-refractivity contribution is 5.67. The summed E-state index contributed by atoms with van der Waals surface area (Å²) < 4.78 is 24.3. The van der Waals surface area contributed by atoms with Crippen molar-refractivity contribution < 1.29 is 13.9 Å². The zero-order valence-electron chi connectivity index (χ0n) is 11.8. The molecule has 1 aromatic carbocycles. The summed E-state index contributed by atoms with van der Waals surface area (Å²) in [6.07, 6.45) is 1.32. The molecule has 0 amide bonds. The van der Waals surface area contributed by atoms with Crippen LogP contribution in [0.1, 0.15) is 11.1 Å².